The van der Waals surface area contributed by atoms with Gasteiger partial charge >= 0.3 is 0 Å². The molecule has 1 N–H and O–H groups in total. The number of carbonyl (C=O) groups is 1. The number of benzene rings is 1. The summed E-state index contributed by atoms with van der Waals surface area (Å²) in [5.74, 6) is -0.0639. The minimum Gasteiger partial charge on any atom is -0.336 e. The molecule has 1 aliphatic rings. The molecule has 144 valence electrons. The molecule has 0 atom stereocenters. The summed E-state index contributed by atoms with van der Waals surface area (Å²) in [6.07, 6.45) is 3.57. The van der Waals surface area contributed by atoms with Crippen LogP contribution in [0.1, 0.15) is 22.8 Å². The first-order chi connectivity index (χ1) is 13.0. The molecule has 8 heteroatoms. The highest BCUT2D eigenvalue weighted by atomic mass is 32.2. The molecular weight excluding hydrogens is 364 g/mol. The summed E-state index contributed by atoms with van der Waals surface area (Å²) in [4.78, 5) is 21.0. The average Bonchev–Trinajstić information content (AvgIpc) is 2.69. The molecule has 27 heavy (non-hydrogen) atoms. The van der Waals surface area contributed by atoms with E-state index in [2.05, 4.69) is 14.6 Å². The Morgan fingerprint density at radius 3 is 2.26 bits per heavy atom. The van der Waals surface area contributed by atoms with Gasteiger partial charge in [0.1, 0.15) is 0 Å². The van der Waals surface area contributed by atoms with Crippen LogP contribution >= 0.6 is 0 Å². The lowest BCUT2D eigenvalue weighted by atomic mass is 10.1. The van der Waals surface area contributed by atoms with Crippen molar-refractivity contribution in [3.63, 3.8) is 0 Å². The Morgan fingerprint density at radius 2 is 1.67 bits per heavy atom. The van der Waals surface area contributed by atoms with Crippen molar-refractivity contribution in [3.05, 3.63) is 59.9 Å². The highest BCUT2D eigenvalue weighted by Crippen LogP contribution is 2.14. The Kier molecular flexibility index (Phi) is 6.20. The van der Waals surface area contributed by atoms with Crippen molar-refractivity contribution in [2.75, 3.05) is 32.7 Å². The molecular formula is C19H24N4O3S. The molecule has 0 spiro atoms. The lowest BCUT2D eigenvalue weighted by Crippen LogP contribution is -2.48. The number of rotatable bonds is 6. The van der Waals surface area contributed by atoms with Crippen LogP contribution in [-0.4, -0.2) is 61.8 Å². The molecule has 1 aromatic heterocycles. The van der Waals surface area contributed by atoms with Crippen molar-refractivity contribution in [1.29, 1.82) is 0 Å². The molecule has 0 bridgehead atoms. The summed E-state index contributed by atoms with van der Waals surface area (Å²) < 4.78 is 26.4. The monoisotopic (exact) mass is 388 g/mol. The Hall–Kier alpha value is -2.29. The van der Waals surface area contributed by atoms with Gasteiger partial charge in [-0.25, -0.2) is 13.1 Å². The second-order valence-corrected chi connectivity index (χ2v) is 8.22. The van der Waals surface area contributed by atoms with Crippen LogP contribution < -0.4 is 4.72 Å². The standard InChI is InChI=1S/C19H24N4O3S/c1-2-21-27(25,26)18-5-3-17(4-6-18)19(24)23-13-11-22(12-14-23)15-16-7-9-20-10-8-16/h3-10,21H,2,11-15H2,1H3. The van der Waals surface area contributed by atoms with Crippen molar-refractivity contribution < 1.29 is 13.2 Å². The van der Waals surface area contributed by atoms with Crippen LogP contribution in [0.2, 0.25) is 0 Å². The van der Waals surface area contributed by atoms with E-state index in [1.165, 1.54) is 17.7 Å². The highest BCUT2D eigenvalue weighted by Gasteiger charge is 2.22. The molecule has 2 heterocycles. The fourth-order valence-corrected chi connectivity index (χ4v) is 4.13. The molecule has 0 radical (unpaired) electrons. The quantitative estimate of drug-likeness (QED) is 0.807. The lowest BCUT2D eigenvalue weighted by Gasteiger charge is -2.34. The van der Waals surface area contributed by atoms with Gasteiger partial charge in [0.15, 0.2) is 0 Å². The van der Waals surface area contributed by atoms with Crippen LogP contribution in [0, 0.1) is 0 Å². The number of aromatic nitrogens is 1. The number of sulfonamides is 1. The maximum absolute atomic E-state index is 12.7. The minimum atomic E-state index is -3.50. The van der Waals surface area contributed by atoms with Gasteiger partial charge in [0, 0.05) is 57.2 Å². The van der Waals surface area contributed by atoms with Crippen LogP contribution in [-0.2, 0) is 16.6 Å². The van der Waals surface area contributed by atoms with E-state index in [0.29, 0.717) is 25.2 Å². The molecule has 1 amide bonds. The molecule has 0 saturated carbocycles. The number of amides is 1. The van der Waals surface area contributed by atoms with E-state index in [1.807, 2.05) is 17.0 Å². The van der Waals surface area contributed by atoms with E-state index in [9.17, 15) is 13.2 Å². The van der Waals surface area contributed by atoms with Gasteiger partial charge < -0.3 is 4.90 Å². The van der Waals surface area contributed by atoms with Gasteiger partial charge in [-0.2, -0.15) is 0 Å². The van der Waals surface area contributed by atoms with Gasteiger partial charge in [-0.05, 0) is 42.0 Å². The Labute approximate surface area is 160 Å². The van der Waals surface area contributed by atoms with E-state index in [-0.39, 0.29) is 10.8 Å². The summed E-state index contributed by atoms with van der Waals surface area (Å²) in [5, 5.41) is 0. The van der Waals surface area contributed by atoms with Crippen molar-refractivity contribution >= 4 is 15.9 Å². The van der Waals surface area contributed by atoms with E-state index >= 15 is 0 Å². The number of nitrogens with one attached hydrogen (secondary N) is 1. The van der Waals surface area contributed by atoms with E-state index in [0.717, 1.165) is 19.6 Å². The van der Waals surface area contributed by atoms with E-state index in [1.54, 1.807) is 31.5 Å². The van der Waals surface area contributed by atoms with Gasteiger partial charge in [-0.1, -0.05) is 6.92 Å². The Bertz CT molecular complexity index is 862. The lowest BCUT2D eigenvalue weighted by molar-refractivity contribution is 0.0628. The number of nitrogens with zero attached hydrogens (tertiary/aromatic N) is 3. The molecule has 1 saturated heterocycles. The van der Waals surface area contributed by atoms with Crippen LogP contribution in [0.25, 0.3) is 0 Å². The fraction of sp³-hybridized carbons (Fsp3) is 0.368. The molecule has 3 rings (SSSR count). The average molecular weight is 388 g/mol. The van der Waals surface area contributed by atoms with Gasteiger partial charge in [0.25, 0.3) is 5.91 Å². The zero-order chi connectivity index (χ0) is 19.3. The number of piperazine rings is 1. The molecule has 1 aliphatic heterocycles. The summed E-state index contributed by atoms with van der Waals surface area (Å²) in [5.41, 5.74) is 1.72. The van der Waals surface area contributed by atoms with Crippen molar-refractivity contribution in [2.45, 2.75) is 18.4 Å². The van der Waals surface area contributed by atoms with Crippen LogP contribution in [0.4, 0.5) is 0 Å². The summed E-state index contributed by atoms with van der Waals surface area (Å²) in [7, 11) is -3.50. The van der Waals surface area contributed by atoms with Gasteiger partial charge in [0.2, 0.25) is 10.0 Å². The smallest absolute Gasteiger partial charge is 0.253 e. The van der Waals surface area contributed by atoms with Gasteiger partial charge in [0.05, 0.1) is 4.90 Å². The maximum atomic E-state index is 12.7. The Balaban J connectivity index is 1.57. The van der Waals surface area contributed by atoms with Crippen molar-refractivity contribution in [2.24, 2.45) is 0 Å². The fourth-order valence-electron chi connectivity index (χ4n) is 3.09. The zero-order valence-electron chi connectivity index (χ0n) is 15.3. The zero-order valence-corrected chi connectivity index (χ0v) is 16.2. The molecule has 1 fully saturated rings. The number of pyridine rings is 1. The number of hydrogen-bond acceptors (Lipinski definition) is 5. The van der Waals surface area contributed by atoms with Crippen molar-refractivity contribution in [3.8, 4) is 0 Å². The molecule has 0 unspecified atom stereocenters. The molecule has 2 aromatic rings. The second kappa shape index (κ2) is 8.60. The highest BCUT2D eigenvalue weighted by molar-refractivity contribution is 7.89. The predicted molar refractivity (Wildman–Crippen MR) is 103 cm³/mol. The number of hydrogen-bond donors (Lipinski definition) is 1. The molecule has 1 aromatic carbocycles. The van der Waals surface area contributed by atoms with Crippen LogP contribution in [0.3, 0.4) is 0 Å². The number of carbonyl (C=O) groups excluding carboxylic acids is 1. The first-order valence-electron chi connectivity index (χ1n) is 9.00. The van der Waals surface area contributed by atoms with Crippen LogP contribution in [0.5, 0.6) is 0 Å². The normalized spacial score (nSPS) is 15.7. The summed E-state index contributed by atoms with van der Waals surface area (Å²) in [6, 6.07) is 10.1. The van der Waals surface area contributed by atoms with E-state index in [4.69, 9.17) is 0 Å². The van der Waals surface area contributed by atoms with Crippen molar-refractivity contribution in [1.82, 2.24) is 19.5 Å². The third-order valence-corrected chi connectivity index (χ3v) is 6.12. The summed E-state index contributed by atoms with van der Waals surface area (Å²) >= 11 is 0. The first-order valence-corrected chi connectivity index (χ1v) is 10.5. The predicted octanol–water partition coefficient (Wildman–Crippen LogP) is 1.34. The molecule has 0 aliphatic carbocycles. The van der Waals surface area contributed by atoms with Gasteiger partial charge in [-0.15, -0.1) is 0 Å². The van der Waals surface area contributed by atoms with E-state index < -0.39 is 10.0 Å². The van der Waals surface area contributed by atoms with Gasteiger partial charge in [-0.3, -0.25) is 14.7 Å². The SMILES string of the molecule is CCNS(=O)(=O)c1ccc(C(=O)N2CCN(Cc3ccncc3)CC2)cc1. The van der Waals surface area contributed by atoms with Crippen LogP contribution in [0.15, 0.2) is 53.7 Å². The largest absolute Gasteiger partial charge is 0.336 e. The first kappa shape index (κ1) is 19.5. The topological polar surface area (TPSA) is 82.6 Å². The third kappa shape index (κ3) is 4.91. The molecule has 7 nitrogen and oxygen atoms in total. The maximum Gasteiger partial charge on any atom is 0.253 e. The second-order valence-electron chi connectivity index (χ2n) is 6.45. The Morgan fingerprint density at radius 1 is 1.04 bits per heavy atom. The third-order valence-electron chi connectivity index (χ3n) is 4.56. The summed E-state index contributed by atoms with van der Waals surface area (Å²) in [6.45, 7) is 5.82. The minimum absolute atomic E-state index is 0.0639.